The van der Waals surface area contributed by atoms with E-state index in [-0.39, 0.29) is 5.91 Å². The van der Waals surface area contributed by atoms with E-state index in [1.807, 2.05) is 5.38 Å². The lowest BCUT2D eigenvalue weighted by atomic mass is 10.2. The van der Waals surface area contributed by atoms with Gasteiger partial charge in [0.15, 0.2) is 17.3 Å². The van der Waals surface area contributed by atoms with Crippen LogP contribution in [0.15, 0.2) is 41.4 Å². The van der Waals surface area contributed by atoms with Gasteiger partial charge in [0.05, 0.1) is 18.3 Å². The molecule has 0 saturated heterocycles. The Morgan fingerprint density at radius 3 is 2.88 bits per heavy atom. The number of methoxy groups -OCH3 is 1. The smallest absolute Gasteiger partial charge is 0.257 e. The normalized spacial score (nSPS) is 10.4. The first-order chi connectivity index (χ1) is 11.7. The maximum Gasteiger partial charge on any atom is 0.257 e. The zero-order valence-corrected chi connectivity index (χ0v) is 14.0. The summed E-state index contributed by atoms with van der Waals surface area (Å²) in [4.78, 5) is 16.4. The Balaban J connectivity index is 1.71. The molecule has 8 heteroatoms. The van der Waals surface area contributed by atoms with Crippen LogP contribution in [0.5, 0.6) is 11.5 Å². The lowest BCUT2D eigenvalue weighted by Crippen LogP contribution is -2.13. The first kappa shape index (κ1) is 16.0. The molecule has 2 heterocycles. The van der Waals surface area contributed by atoms with Crippen LogP contribution < -0.4 is 14.8 Å². The number of benzene rings is 1. The molecule has 1 N–H and O–H groups in total. The Bertz CT molecular complexity index is 830. The molecule has 0 aliphatic carbocycles. The standard InChI is InChI=1S/C16H16N4O3S/c1-20-6-5-15(19-20)18-16(21)11-3-4-13(14(7-11)22-2)23-8-12-9-24-10-17-12/h3-7,9-10H,8H2,1-2H3,(H,18,19,21). The number of aromatic nitrogens is 3. The summed E-state index contributed by atoms with van der Waals surface area (Å²) in [7, 11) is 3.32. The van der Waals surface area contributed by atoms with Gasteiger partial charge in [0.25, 0.3) is 5.91 Å². The summed E-state index contributed by atoms with van der Waals surface area (Å²) in [6, 6.07) is 6.74. The summed E-state index contributed by atoms with van der Waals surface area (Å²) in [5.74, 6) is 1.27. The zero-order chi connectivity index (χ0) is 16.9. The molecule has 0 aliphatic rings. The van der Waals surface area contributed by atoms with E-state index in [0.717, 1.165) is 5.69 Å². The van der Waals surface area contributed by atoms with Crippen LogP contribution in [-0.2, 0) is 13.7 Å². The number of carbonyl (C=O) groups excluding carboxylic acids is 1. The van der Waals surface area contributed by atoms with Crippen molar-refractivity contribution in [3.8, 4) is 11.5 Å². The molecule has 124 valence electrons. The molecule has 0 fully saturated rings. The molecule has 3 rings (SSSR count). The molecule has 0 radical (unpaired) electrons. The second-order valence-electron chi connectivity index (χ2n) is 4.96. The summed E-state index contributed by atoms with van der Waals surface area (Å²) in [5.41, 5.74) is 3.05. The summed E-state index contributed by atoms with van der Waals surface area (Å²) in [5, 5.41) is 8.76. The number of hydrogen-bond acceptors (Lipinski definition) is 6. The van der Waals surface area contributed by atoms with Crippen LogP contribution >= 0.6 is 11.3 Å². The minimum Gasteiger partial charge on any atom is -0.493 e. The molecule has 2 aromatic heterocycles. The predicted octanol–water partition coefficient (Wildman–Crippen LogP) is 2.72. The summed E-state index contributed by atoms with van der Waals surface area (Å²) in [6.07, 6.45) is 1.76. The summed E-state index contributed by atoms with van der Waals surface area (Å²) in [6.45, 7) is 0.347. The molecule has 24 heavy (non-hydrogen) atoms. The highest BCUT2D eigenvalue weighted by Gasteiger charge is 2.13. The first-order valence-electron chi connectivity index (χ1n) is 7.14. The van der Waals surface area contributed by atoms with Crippen molar-refractivity contribution in [3.63, 3.8) is 0 Å². The molecule has 1 aromatic carbocycles. The van der Waals surface area contributed by atoms with E-state index in [2.05, 4.69) is 15.4 Å². The van der Waals surface area contributed by atoms with Crippen LogP contribution in [-0.4, -0.2) is 27.8 Å². The van der Waals surface area contributed by atoms with E-state index in [1.54, 1.807) is 47.7 Å². The molecule has 0 saturated carbocycles. The lowest BCUT2D eigenvalue weighted by Gasteiger charge is -2.11. The number of thiazole rings is 1. The Hall–Kier alpha value is -2.87. The average Bonchev–Trinajstić information content (AvgIpc) is 3.24. The SMILES string of the molecule is COc1cc(C(=O)Nc2ccn(C)n2)ccc1OCc1cscn1. The van der Waals surface area contributed by atoms with E-state index in [9.17, 15) is 4.79 Å². The minimum atomic E-state index is -0.266. The fourth-order valence-electron chi connectivity index (χ4n) is 2.06. The van der Waals surface area contributed by atoms with Crippen molar-refractivity contribution in [1.29, 1.82) is 0 Å². The van der Waals surface area contributed by atoms with Gasteiger partial charge in [-0.3, -0.25) is 9.48 Å². The molecule has 3 aromatic rings. The largest absolute Gasteiger partial charge is 0.493 e. The van der Waals surface area contributed by atoms with Gasteiger partial charge in [-0.1, -0.05) is 0 Å². The quantitative estimate of drug-likeness (QED) is 0.744. The van der Waals surface area contributed by atoms with Crippen LogP contribution in [0.2, 0.25) is 0 Å². The van der Waals surface area contributed by atoms with Gasteiger partial charge in [0.1, 0.15) is 6.61 Å². The second-order valence-corrected chi connectivity index (χ2v) is 5.68. The monoisotopic (exact) mass is 344 g/mol. The number of carbonyl (C=O) groups is 1. The maximum absolute atomic E-state index is 12.3. The number of nitrogens with one attached hydrogen (secondary N) is 1. The third-order valence-corrected chi connectivity index (χ3v) is 3.88. The van der Waals surface area contributed by atoms with Gasteiger partial charge in [-0.25, -0.2) is 4.98 Å². The second kappa shape index (κ2) is 7.14. The molecule has 0 atom stereocenters. The Labute approximate surface area is 142 Å². The van der Waals surface area contributed by atoms with E-state index in [4.69, 9.17) is 9.47 Å². The van der Waals surface area contributed by atoms with Crippen molar-refractivity contribution in [2.75, 3.05) is 12.4 Å². The van der Waals surface area contributed by atoms with Gasteiger partial charge < -0.3 is 14.8 Å². The van der Waals surface area contributed by atoms with Gasteiger partial charge in [-0.15, -0.1) is 11.3 Å². The molecule has 0 spiro atoms. The molecule has 0 bridgehead atoms. The summed E-state index contributed by atoms with van der Waals surface area (Å²) < 4.78 is 12.6. The van der Waals surface area contributed by atoms with Gasteiger partial charge in [-0.05, 0) is 18.2 Å². The van der Waals surface area contributed by atoms with Gasteiger partial charge >= 0.3 is 0 Å². The highest BCUT2D eigenvalue weighted by Crippen LogP contribution is 2.29. The minimum absolute atomic E-state index is 0.266. The molecular weight excluding hydrogens is 328 g/mol. The molecule has 1 amide bonds. The Morgan fingerprint density at radius 1 is 1.33 bits per heavy atom. The van der Waals surface area contributed by atoms with Crippen LogP contribution in [0.25, 0.3) is 0 Å². The number of aryl methyl sites for hydroxylation is 1. The molecule has 0 unspecified atom stereocenters. The van der Waals surface area contributed by atoms with E-state index in [1.165, 1.54) is 18.4 Å². The number of amides is 1. The molecular formula is C16H16N4O3S. The van der Waals surface area contributed by atoms with E-state index >= 15 is 0 Å². The third kappa shape index (κ3) is 3.72. The average molecular weight is 344 g/mol. The van der Waals surface area contributed by atoms with Crippen LogP contribution in [0.4, 0.5) is 5.82 Å². The van der Waals surface area contributed by atoms with Crippen molar-refractivity contribution >= 4 is 23.1 Å². The molecule has 0 aliphatic heterocycles. The third-order valence-electron chi connectivity index (χ3n) is 3.24. The zero-order valence-electron chi connectivity index (χ0n) is 13.2. The van der Waals surface area contributed by atoms with Crippen molar-refractivity contribution < 1.29 is 14.3 Å². The maximum atomic E-state index is 12.3. The first-order valence-corrected chi connectivity index (χ1v) is 8.09. The summed E-state index contributed by atoms with van der Waals surface area (Å²) >= 11 is 1.51. The van der Waals surface area contributed by atoms with Gasteiger partial charge in [-0.2, -0.15) is 5.10 Å². The number of hydrogen-bond donors (Lipinski definition) is 1. The number of rotatable bonds is 6. The van der Waals surface area contributed by atoms with Crippen LogP contribution in [0, 0.1) is 0 Å². The topological polar surface area (TPSA) is 78.3 Å². The van der Waals surface area contributed by atoms with Crippen LogP contribution in [0.3, 0.4) is 0 Å². The number of nitrogens with zero attached hydrogens (tertiary/aromatic N) is 3. The van der Waals surface area contributed by atoms with Crippen molar-refractivity contribution in [2.24, 2.45) is 7.05 Å². The van der Waals surface area contributed by atoms with Gasteiger partial charge in [0.2, 0.25) is 0 Å². The predicted molar refractivity (Wildman–Crippen MR) is 90.6 cm³/mol. The Morgan fingerprint density at radius 2 is 2.21 bits per heavy atom. The highest BCUT2D eigenvalue weighted by atomic mass is 32.1. The van der Waals surface area contributed by atoms with Gasteiger partial charge in [0, 0.05) is 30.3 Å². The van der Waals surface area contributed by atoms with Crippen molar-refractivity contribution in [3.05, 3.63) is 52.6 Å². The lowest BCUT2D eigenvalue weighted by molar-refractivity contribution is 0.102. The number of anilines is 1. The Kier molecular flexibility index (Phi) is 4.76. The fraction of sp³-hybridized carbons (Fsp3) is 0.188. The van der Waals surface area contributed by atoms with E-state index in [0.29, 0.717) is 29.5 Å². The van der Waals surface area contributed by atoms with Crippen LogP contribution in [0.1, 0.15) is 16.1 Å². The van der Waals surface area contributed by atoms with E-state index < -0.39 is 0 Å². The van der Waals surface area contributed by atoms with Crippen molar-refractivity contribution in [2.45, 2.75) is 6.61 Å². The highest BCUT2D eigenvalue weighted by molar-refractivity contribution is 7.07. The fourth-order valence-corrected chi connectivity index (χ4v) is 2.60. The van der Waals surface area contributed by atoms with Crippen molar-refractivity contribution in [1.82, 2.24) is 14.8 Å². The number of ether oxygens (including phenoxy) is 2. The molecule has 7 nitrogen and oxygen atoms in total.